The van der Waals surface area contributed by atoms with Gasteiger partial charge in [-0.1, -0.05) is 24.3 Å². The molecule has 24 heavy (non-hydrogen) atoms. The molecule has 0 unspecified atom stereocenters. The monoisotopic (exact) mass is 343 g/mol. The number of nitrogens with zero attached hydrogens (tertiary/aromatic N) is 2. The number of hydrogen-bond donors (Lipinski definition) is 1. The molecule has 1 aliphatic heterocycles. The van der Waals surface area contributed by atoms with Crippen molar-refractivity contribution in [2.75, 3.05) is 6.54 Å². The van der Waals surface area contributed by atoms with Crippen molar-refractivity contribution >= 4 is 40.9 Å². The smallest absolute Gasteiger partial charge is 0.276 e. The molecule has 0 bridgehead atoms. The molecule has 1 N–H and O–H groups in total. The normalized spacial score (nSPS) is 16.6. The largest absolute Gasteiger partial charge is 0.298 e. The van der Waals surface area contributed by atoms with E-state index in [-0.39, 0.29) is 22.9 Å². The van der Waals surface area contributed by atoms with Crippen LogP contribution >= 0.6 is 12.2 Å². The Morgan fingerprint density at radius 3 is 2.71 bits per heavy atom. The van der Waals surface area contributed by atoms with Crippen molar-refractivity contribution in [3.05, 3.63) is 70.3 Å². The second kappa shape index (κ2) is 7.42. The lowest BCUT2D eigenvalue weighted by Gasteiger charge is -2.27. The minimum Gasteiger partial charge on any atom is -0.298 e. The van der Waals surface area contributed by atoms with Crippen molar-refractivity contribution in [3.63, 3.8) is 0 Å². The van der Waals surface area contributed by atoms with Crippen LogP contribution in [-0.4, -0.2) is 33.3 Å². The van der Waals surface area contributed by atoms with Gasteiger partial charge in [-0.3, -0.25) is 29.9 Å². The lowest BCUT2D eigenvalue weighted by atomic mass is 10.1. The zero-order chi connectivity index (χ0) is 17.7. The zero-order valence-corrected chi connectivity index (χ0v) is 13.3. The molecule has 0 aromatic heterocycles. The Hall–Kier alpha value is -3.13. The molecule has 7 nitrogen and oxygen atoms in total. The molecule has 122 valence electrons. The molecule has 1 aromatic carbocycles. The molecule has 1 heterocycles. The summed E-state index contributed by atoms with van der Waals surface area (Å²) in [6, 6.07) is 6.15. The van der Waals surface area contributed by atoms with E-state index in [2.05, 4.69) is 11.9 Å². The highest BCUT2D eigenvalue weighted by molar-refractivity contribution is 7.80. The van der Waals surface area contributed by atoms with Crippen LogP contribution in [0, 0.1) is 10.1 Å². The third kappa shape index (κ3) is 3.61. The van der Waals surface area contributed by atoms with Crippen LogP contribution in [0.3, 0.4) is 0 Å². The molecular weight excluding hydrogens is 330 g/mol. The van der Waals surface area contributed by atoms with E-state index in [4.69, 9.17) is 12.2 Å². The summed E-state index contributed by atoms with van der Waals surface area (Å²) in [5, 5.41) is 13.4. The Morgan fingerprint density at radius 2 is 2.04 bits per heavy atom. The van der Waals surface area contributed by atoms with Crippen molar-refractivity contribution < 1.29 is 14.5 Å². The third-order valence-electron chi connectivity index (χ3n) is 3.17. The Kier molecular flexibility index (Phi) is 5.33. The minimum absolute atomic E-state index is 0.0183. The van der Waals surface area contributed by atoms with Crippen LogP contribution in [-0.2, 0) is 9.59 Å². The number of carbonyl (C=O) groups excluding carboxylic acids is 2. The maximum Gasteiger partial charge on any atom is 0.276 e. The second-order valence-corrected chi connectivity index (χ2v) is 5.11. The number of nitrogens with one attached hydrogen (secondary N) is 1. The Bertz CT molecular complexity index is 798. The van der Waals surface area contributed by atoms with Gasteiger partial charge in [-0.15, -0.1) is 6.58 Å². The minimum atomic E-state index is -0.613. The summed E-state index contributed by atoms with van der Waals surface area (Å²) in [7, 11) is 0. The molecule has 0 aliphatic carbocycles. The quantitative estimate of drug-likeness (QED) is 0.220. The molecule has 0 atom stereocenters. The van der Waals surface area contributed by atoms with E-state index in [1.54, 1.807) is 18.2 Å². The molecule has 1 aromatic rings. The number of benzene rings is 1. The molecule has 0 saturated carbocycles. The van der Waals surface area contributed by atoms with Crippen LogP contribution in [0.4, 0.5) is 5.69 Å². The number of amides is 2. The topological polar surface area (TPSA) is 92.6 Å². The molecule has 1 fully saturated rings. The number of nitro groups is 1. The molecule has 1 aliphatic rings. The highest BCUT2D eigenvalue weighted by Gasteiger charge is 2.32. The molecule has 8 heteroatoms. The van der Waals surface area contributed by atoms with E-state index in [1.807, 2.05) is 0 Å². The predicted molar refractivity (Wildman–Crippen MR) is 92.9 cm³/mol. The molecule has 2 amide bonds. The number of hydrogen-bond acceptors (Lipinski definition) is 5. The van der Waals surface area contributed by atoms with Crippen LogP contribution in [0.25, 0.3) is 6.08 Å². The first-order valence-electron chi connectivity index (χ1n) is 6.85. The van der Waals surface area contributed by atoms with E-state index in [9.17, 15) is 19.7 Å². The molecule has 0 radical (unpaired) electrons. The summed E-state index contributed by atoms with van der Waals surface area (Å²) in [5.41, 5.74) is 0.183. The summed E-state index contributed by atoms with van der Waals surface area (Å²) >= 11 is 4.94. The van der Waals surface area contributed by atoms with Crippen LogP contribution in [0.2, 0.25) is 0 Å². The number of para-hydroxylation sites is 1. The van der Waals surface area contributed by atoms with Gasteiger partial charge in [0.1, 0.15) is 5.57 Å². The van der Waals surface area contributed by atoms with E-state index < -0.39 is 16.7 Å². The highest BCUT2D eigenvalue weighted by atomic mass is 32.1. The standard InChI is InChI=1S/C16H13N3O4S/c1-2-10-18-15(21)12(14(20)17-16(18)24)8-5-7-11-6-3-4-9-13(11)19(22)23/h2-9H,1,10H2,(H,17,20,24). The zero-order valence-electron chi connectivity index (χ0n) is 12.5. The number of allylic oxidation sites excluding steroid dienone is 2. The van der Waals surface area contributed by atoms with Gasteiger partial charge < -0.3 is 0 Å². The van der Waals surface area contributed by atoms with Crippen LogP contribution in [0.5, 0.6) is 0 Å². The van der Waals surface area contributed by atoms with Crippen LogP contribution in [0.15, 0.2) is 54.6 Å². The van der Waals surface area contributed by atoms with Gasteiger partial charge in [0.15, 0.2) is 5.11 Å². The van der Waals surface area contributed by atoms with E-state index in [1.165, 1.54) is 35.3 Å². The molecule has 2 rings (SSSR count). The van der Waals surface area contributed by atoms with Crippen molar-refractivity contribution in [1.29, 1.82) is 0 Å². The van der Waals surface area contributed by atoms with Crippen LogP contribution < -0.4 is 5.32 Å². The summed E-state index contributed by atoms with van der Waals surface area (Å²) in [4.78, 5) is 35.8. The van der Waals surface area contributed by atoms with E-state index in [0.717, 1.165) is 0 Å². The SMILES string of the molecule is C=CCN1C(=O)C(=CC=Cc2ccccc2[N+](=O)[O-])C(=O)NC1=S. The first-order valence-corrected chi connectivity index (χ1v) is 7.26. The van der Waals surface area contributed by atoms with Gasteiger partial charge in [0, 0.05) is 12.6 Å². The van der Waals surface area contributed by atoms with Gasteiger partial charge >= 0.3 is 0 Å². The first kappa shape index (κ1) is 17.2. The first-order chi connectivity index (χ1) is 11.5. The molecule has 1 saturated heterocycles. The Labute approximate surface area is 143 Å². The van der Waals surface area contributed by atoms with Gasteiger partial charge in [-0.25, -0.2) is 0 Å². The van der Waals surface area contributed by atoms with Crippen molar-refractivity contribution in [2.45, 2.75) is 0 Å². The van der Waals surface area contributed by atoms with Gasteiger partial charge in [0.2, 0.25) is 0 Å². The van der Waals surface area contributed by atoms with Crippen molar-refractivity contribution in [3.8, 4) is 0 Å². The van der Waals surface area contributed by atoms with Gasteiger partial charge in [-0.2, -0.15) is 0 Å². The van der Waals surface area contributed by atoms with Gasteiger partial charge in [0.25, 0.3) is 17.5 Å². The predicted octanol–water partition coefficient (Wildman–Crippen LogP) is 1.96. The fourth-order valence-electron chi connectivity index (χ4n) is 2.05. The Balaban J connectivity index is 2.29. The summed E-state index contributed by atoms with van der Waals surface area (Å²) < 4.78 is 0. The Morgan fingerprint density at radius 1 is 1.33 bits per heavy atom. The van der Waals surface area contributed by atoms with Gasteiger partial charge in [0.05, 0.1) is 10.5 Å². The lowest BCUT2D eigenvalue weighted by Crippen LogP contribution is -2.53. The van der Waals surface area contributed by atoms with Crippen molar-refractivity contribution in [2.24, 2.45) is 0 Å². The number of thiocarbonyl (C=S) groups is 1. The average Bonchev–Trinajstić information content (AvgIpc) is 2.54. The van der Waals surface area contributed by atoms with Crippen molar-refractivity contribution in [1.82, 2.24) is 10.2 Å². The van der Waals surface area contributed by atoms with Crippen LogP contribution in [0.1, 0.15) is 5.56 Å². The maximum atomic E-state index is 12.3. The lowest BCUT2D eigenvalue weighted by molar-refractivity contribution is -0.385. The molecular formula is C16H13N3O4S. The summed E-state index contributed by atoms with van der Waals surface area (Å²) in [6.45, 7) is 3.70. The van der Waals surface area contributed by atoms with E-state index >= 15 is 0 Å². The summed E-state index contributed by atoms with van der Waals surface area (Å²) in [5.74, 6) is -1.16. The summed E-state index contributed by atoms with van der Waals surface area (Å²) in [6.07, 6.45) is 5.65. The average molecular weight is 343 g/mol. The van der Waals surface area contributed by atoms with E-state index in [0.29, 0.717) is 5.56 Å². The highest BCUT2D eigenvalue weighted by Crippen LogP contribution is 2.19. The fourth-order valence-corrected chi connectivity index (χ4v) is 2.30. The number of nitro benzene ring substituents is 1. The fraction of sp³-hybridized carbons (Fsp3) is 0.0625. The van der Waals surface area contributed by atoms with Gasteiger partial charge in [-0.05, 0) is 30.4 Å². The second-order valence-electron chi connectivity index (χ2n) is 4.72. The number of carbonyl (C=O) groups is 2. The molecule has 0 spiro atoms. The maximum absolute atomic E-state index is 12.3. The number of rotatable bonds is 5. The third-order valence-corrected chi connectivity index (χ3v) is 3.49.